The fourth-order valence-corrected chi connectivity index (χ4v) is 2.12. The summed E-state index contributed by atoms with van der Waals surface area (Å²) in [5, 5.41) is 9.98. The third kappa shape index (κ3) is 2.37. The zero-order valence-electron chi connectivity index (χ0n) is 8.42. The molecular weight excluding hydrogens is 279 g/mol. The summed E-state index contributed by atoms with van der Waals surface area (Å²) >= 11 is 18.1. The molecule has 0 saturated heterocycles. The second-order valence-corrected chi connectivity index (χ2v) is 4.43. The number of benzene rings is 1. The summed E-state index contributed by atoms with van der Waals surface area (Å²) in [5.41, 5.74) is 1.37. The van der Waals surface area contributed by atoms with E-state index in [2.05, 4.69) is 4.98 Å². The van der Waals surface area contributed by atoms with Crippen molar-refractivity contribution in [2.75, 3.05) is 0 Å². The van der Waals surface area contributed by atoms with E-state index in [0.717, 1.165) is 0 Å². The number of nitrogens with zero attached hydrogens (tertiary/aromatic N) is 2. The predicted octanol–water partition coefficient (Wildman–Crippen LogP) is 4.58. The lowest BCUT2D eigenvalue weighted by molar-refractivity contribution is 1.27. The molecule has 0 atom stereocenters. The lowest BCUT2D eigenvalue weighted by atomic mass is 10.1. The predicted molar refractivity (Wildman–Crippen MR) is 69.4 cm³/mol. The van der Waals surface area contributed by atoms with Crippen molar-refractivity contribution in [2.24, 2.45) is 0 Å². The molecule has 5 heteroatoms. The van der Waals surface area contributed by atoms with Gasteiger partial charge < -0.3 is 0 Å². The first-order chi connectivity index (χ1) is 8.13. The van der Waals surface area contributed by atoms with Crippen LogP contribution in [0.25, 0.3) is 11.3 Å². The van der Waals surface area contributed by atoms with Crippen LogP contribution in [0.15, 0.2) is 30.3 Å². The highest BCUT2D eigenvalue weighted by atomic mass is 35.5. The minimum atomic E-state index is 0.301. The van der Waals surface area contributed by atoms with Crippen molar-refractivity contribution < 1.29 is 0 Å². The van der Waals surface area contributed by atoms with Crippen LogP contribution >= 0.6 is 34.8 Å². The van der Waals surface area contributed by atoms with E-state index in [4.69, 9.17) is 40.1 Å². The Labute approximate surface area is 113 Å². The van der Waals surface area contributed by atoms with Gasteiger partial charge in [0.25, 0.3) is 0 Å². The number of pyridine rings is 1. The molecule has 1 aromatic carbocycles. The van der Waals surface area contributed by atoms with Gasteiger partial charge in [-0.2, -0.15) is 5.26 Å². The van der Waals surface area contributed by atoms with Gasteiger partial charge in [0.15, 0.2) is 0 Å². The molecular formula is C12H5Cl3N2. The van der Waals surface area contributed by atoms with Crippen LogP contribution in [0.2, 0.25) is 15.1 Å². The minimum Gasteiger partial charge on any atom is -0.237 e. The van der Waals surface area contributed by atoms with Crippen LogP contribution in [0.3, 0.4) is 0 Å². The maximum atomic E-state index is 8.80. The van der Waals surface area contributed by atoms with Crippen molar-refractivity contribution in [3.05, 3.63) is 51.1 Å². The van der Waals surface area contributed by atoms with E-state index >= 15 is 0 Å². The van der Waals surface area contributed by atoms with Crippen LogP contribution < -0.4 is 0 Å². The standard InChI is InChI=1S/C12H5Cl3N2/c13-8-4-5-9(14)12(15)11(8)10-3-1-2-7(6-16)17-10/h1-5H. The van der Waals surface area contributed by atoms with Crippen LogP contribution in [0.5, 0.6) is 0 Å². The average molecular weight is 284 g/mol. The van der Waals surface area contributed by atoms with E-state index in [1.807, 2.05) is 6.07 Å². The summed E-state index contributed by atoms with van der Waals surface area (Å²) in [6.45, 7) is 0. The molecule has 2 aromatic rings. The second kappa shape index (κ2) is 4.93. The summed E-state index contributed by atoms with van der Waals surface area (Å²) in [7, 11) is 0. The lowest BCUT2D eigenvalue weighted by Crippen LogP contribution is -1.89. The second-order valence-electron chi connectivity index (χ2n) is 3.24. The number of halogens is 3. The topological polar surface area (TPSA) is 36.7 Å². The van der Waals surface area contributed by atoms with Gasteiger partial charge in [0.05, 0.1) is 20.8 Å². The third-order valence-electron chi connectivity index (χ3n) is 2.16. The molecule has 0 saturated carbocycles. The number of aromatic nitrogens is 1. The van der Waals surface area contributed by atoms with Crippen molar-refractivity contribution in [1.29, 1.82) is 5.26 Å². The molecule has 17 heavy (non-hydrogen) atoms. The highest BCUT2D eigenvalue weighted by Crippen LogP contribution is 2.38. The van der Waals surface area contributed by atoms with E-state index in [9.17, 15) is 0 Å². The van der Waals surface area contributed by atoms with Gasteiger partial charge in [-0.3, -0.25) is 0 Å². The van der Waals surface area contributed by atoms with E-state index < -0.39 is 0 Å². The fourth-order valence-electron chi connectivity index (χ4n) is 1.40. The molecule has 2 nitrogen and oxygen atoms in total. The molecule has 1 heterocycles. The van der Waals surface area contributed by atoms with Gasteiger partial charge in [0.1, 0.15) is 11.8 Å². The Balaban J connectivity index is 2.68. The molecule has 0 fully saturated rings. The van der Waals surface area contributed by atoms with Gasteiger partial charge in [-0.1, -0.05) is 40.9 Å². The molecule has 0 aliphatic carbocycles. The Hall–Kier alpha value is -1.27. The van der Waals surface area contributed by atoms with Crippen LogP contribution in [0, 0.1) is 11.3 Å². The molecule has 0 spiro atoms. The molecule has 84 valence electrons. The lowest BCUT2D eigenvalue weighted by Gasteiger charge is -2.07. The van der Waals surface area contributed by atoms with E-state index in [1.165, 1.54) is 0 Å². The summed E-state index contributed by atoms with van der Waals surface area (Å²) < 4.78 is 0. The van der Waals surface area contributed by atoms with Crippen molar-refractivity contribution in [3.63, 3.8) is 0 Å². The molecule has 0 bridgehead atoms. The SMILES string of the molecule is N#Cc1cccc(-c2c(Cl)ccc(Cl)c2Cl)n1. The first-order valence-corrected chi connectivity index (χ1v) is 5.78. The van der Waals surface area contributed by atoms with E-state index in [0.29, 0.717) is 32.0 Å². The number of hydrogen-bond acceptors (Lipinski definition) is 2. The maximum Gasteiger partial charge on any atom is 0.141 e. The zero-order valence-corrected chi connectivity index (χ0v) is 10.7. The molecule has 1 aromatic heterocycles. The Morgan fingerprint density at radius 3 is 2.41 bits per heavy atom. The maximum absolute atomic E-state index is 8.80. The smallest absolute Gasteiger partial charge is 0.141 e. The Kier molecular flexibility index (Phi) is 3.54. The molecule has 0 radical (unpaired) electrons. The van der Waals surface area contributed by atoms with Gasteiger partial charge in [0, 0.05) is 5.56 Å². The van der Waals surface area contributed by atoms with E-state index in [1.54, 1.807) is 30.3 Å². The summed E-state index contributed by atoms with van der Waals surface area (Å²) in [6, 6.07) is 10.3. The highest BCUT2D eigenvalue weighted by Gasteiger charge is 2.13. The normalized spacial score (nSPS) is 10.0. The van der Waals surface area contributed by atoms with Gasteiger partial charge in [0.2, 0.25) is 0 Å². The summed E-state index contributed by atoms with van der Waals surface area (Å²) in [4.78, 5) is 4.14. The van der Waals surface area contributed by atoms with Crippen molar-refractivity contribution in [2.45, 2.75) is 0 Å². The van der Waals surface area contributed by atoms with Crippen molar-refractivity contribution in [3.8, 4) is 17.3 Å². The van der Waals surface area contributed by atoms with Crippen molar-refractivity contribution >= 4 is 34.8 Å². The van der Waals surface area contributed by atoms with Crippen molar-refractivity contribution in [1.82, 2.24) is 4.98 Å². The van der Waals surface area contributed by atoms with Gasteiger partial charge in [-0.25, -0.2) is 4.98 Å². The molecule has 2 rings (SSSR count). The Morgan fingerprint density at radius 1 is 1.00 bits per heavy atom. The highest BCUT2D eigenvalue weighted by molar-refractivity contribution is 6.46. The fraction of sp³-hybridized carbons (Fsp3) is 0. The number of nitriles is 1. The monoisotopic (exact) mass is 282 g/mol. The quantitative estimate of drug-likeness (QED) is 0.718. The van der Waals surface area contributed by atoms with Gasteiger partial charge in [-0.05, 0) is 24.3 Å². The zero-order chi connectivity index (χ0) is 12.4. The van der Waals surface area contributed by atoms with Crippen LogP contribution in [-0.2, 0) is 0 Å². The first-order valence-electron chi connectivity index (χ1n) is 4.64. The first kappa shape index (κ1) is 12.2. The van der Waals surface area contributed by atoms with Crippen LogP contribution in [0.1, 0.15) is 5.69 Å². The Bertz CT molecular complexity index is 618. The molecule has 0 amide bonds. The summed E-state index contributed by atoms with van der Waals surface area (Å²) in [5.74, 6) is 0. The van der Waals surface area contributed by atoms with E-state index in [-0.39, 0.29) is 0 Å². The summed E-state index contributed by atoms with van der Waals surface area (Å²) in [6.07, 6.45) is 0. The largest absolute Gasteiger partial charge is 0.237 e. The van der Waals surface area contributed by atoms with Gasteiger partial charge >= 0.3 is 0 Å². The van der Waals surface area contributed by atoms with Crippen LogP contribution in [-0.4, -0.2) is 4.98 Å². The molecule has 0 aliphatic heterocycles. The number of hydrogen-bond donors (Lipinski definition) is 0. The minimum absolute atomic E-state index is 0.301. The number of rotatable bonds is 1. The molecule has 0 unspecified atom stereocenters. The molecule has 0 aliphatic rings. The average Bonchev–Trinajstić information content (AvgIpc) is 2.35. The van der Waals surface area contributed by atoms with Gasteiger partial charge in [-0.15, -0.1) is 0 Å². The third-order valence-corrected chi connectivity index (χ3v) is 3.28. The Morgan fingerprint density at radius 2 is 1.71 bits per heavy atom. The molecule has 0 N–H and O–H groups in total. The van der Waals surface area contributed by atoms with Crippen LogP contribution in [0.4, 0.5) is 0 Å².